The lowest BCUT2D eigenvalue weighted by molar-refractivity contribution is -0.128. The molecule has 2 saturated heterocycles. The Morgan fingerprint density at radius 3 is 2.62 bits per heavy atom. The molecule has 2 aromatic carbocycles. The van der Waals surface area contributed by atoms with Crippen LogP contribution in [0.5, 0.6) is 6.01 Å². The molecule has 6 rings (SSSR count). The number of amides is 1. The fourth-order valence-electron chi connectivity index (χ4n) is 7.33. The van der Waals surface area contributed by atoms with Gasteiger partial charge in [-0.05, 0) is 70.9 Å². The number of carbonyl (C=O) groups excluding carboxylic acids is 1. The number of aryl methyl sites for hydroxylation is 1. The number of ether oxygens (including phenoxy) is 1. The highest BCUT2D eigenvalue weighted by Gasteiger charge is 2.33. The molecule has 0 radical (unpaired) electrons. The summed E-state index contributed by atoms with van der Waals surface area (Å²) in [6.07, 6.45) is 7.67. The molecule has 3 aliphatic heterocycles. The zero-order valence-electron chi connectivity index (χ0n) is 28.4. The lowest BCUT2D eigenvalue weighted by atomic mass is 10.0. The van der Waals surface area contributed by atoms with E-state index >= 15 is 0 Å². The Morgan fingerprint density at radius 1 is 1.04 bits per heavy atom. The van der Waals surface area contributed by atoms with E-state index in [1.165, 1.54) is 28.4 Å². The van der Waals surface area contributed by atoms with Gasteiger partial charge in [0.15, 0.2) is 0 Å². The van der Waals surface area contributed by atoms with Crippen molar-refractivity contribution in [2.75, 3.05) is 83.4 Å². The van der Waals surface area contributed by atoms with Gasteiger partial charge in [0, 0.05) is 74.4 Å². The predicted octanol–water partition coefficient (Wildman–Crippen LogP) is 4.07. The molecule has 3 aromatic rings. The van der Waals surface area contributed by atoms with Crippen LogP contribution in [0.2, 0.25) is 0 Å². The summed E-state index contributed by atoms with van der Waals surface area (Å²) in [7, 11) is 6.10. The van der Waals surface area contributed by atoms with Crippen LogP contribution in [-0.2, 0) is 17.6 Å². The van der Waals surface area contributed by atoms with Gasteiger partial charge in [-0.1, -0.05) is 36.4 Å². The van der Waals surface area contributed by atoms with Crippen molar-refractivity contribution in [2.45, 2.75) is 51.1 Å². The van der Waals surface area contributed by atoms with E-state index in [-0.39, 0.29) is 18.4 Å². The minimum Gasteiger partial charge on any atom is -0.462 e. The molecule has 0 unspecified atom stereocenters. The Hall–Kier alpha value is -4.20. The Morgan fingerprint density at radius 2 is 1.85 bits per heavy atom. The first kappa shape index (κ1) is 32.7. The predicted molar refractivity (Wildman–Crippen MR) is 187 cm³/mol. The number of aromatic nitrogens is 2. The fourth-order valence-corrected chi connectivity index (χ4v) is 7.33. The highest BCUT2D eigenvalue weighted by Crippen LogP contribution is 2.34. The van der Waals surface area contributed by atoms with E-state index in [0.29, 0.717) is 44.8 Å². The van der Waals surface area contributed by atoms with Gasteiger partial charge in [-0.3, -0.25) is 4.79 Å². The maximum atomic E-state index is 13.2. The van der Waals surface area contributed by atoms with Gasteiger partial charge in [0.25, 0.3) is 0 Å². The quantitative estimate of drug-likeness (QED) is 0.323. The van der Waals surface area contributed by atoms with Crippen molar-refractivity contribution in [3.63, 3.8) is 0 Å². The van der Waals surface area contributed by atoms with Crippen LogP contribution in [-0.4, -0.2) is 116 Å². The maximum Gasteiger partial charge on any atom is 0.318 e. The molecule has 0 saturated carbocycles. The van der Waals surface area contributed by atoms with Crippen LogP contribution < -0.4 is 14.5 Å². The molecule has 0 aliphatic carbocycles. The first-order valence-electron chi connectivity index (χ1n) is 17.0. The average molecular weight is 637 g/mol. The summed E-state index contributed by atoms with van der Waals surface area (Å²) in [5.41, 5.74) is 4.72. The van der Waals surface area contributed by atoms with Crippen molar-refractivity contribution in [3.8, 4) is 12.1 Å². The molecule has 10 heteroatoms. The van der Waals surface area contributed by atoms with Crippen molar-refractivity contribution in [2.24, 2.45) is 0 Å². The molecule has 4 heterocycles. The van der Waals surface area contributed by atoms with Gasteiger partial charge in [0.05, 0.1) is 24.2 Å². The first-order valence-corrected chi connectivity index (χ1v) is 17.0. The van der Waals surface area contributed by atoms with Crippen LogP contribution in [0.4, 0.5) is 11.5 Å². The summed E-state index contributed by atoms with van der Waals surface area (Å²) in [4.78, 5) is 34.3. The summed E-state index contributed by atoms with van der Waals surface area (Å²) >= 11 is 0. The molecule has 3 aliphatic rings. The van der Waals surface area contributed by atoms with Crippen LogP contribution in [0.25, 0.3) is 10.8 Å². The number of likely N-dealkylation sites (N-methyl/N-ethyl adjacent to an activating group) is 2. The second-order valence-electron chi connectivity index (χ2n) is 13.4. The van der Waals surface area contributed by atoms with E-state index in [2.05, 4.69) is 71.1 Å². The second-order valence-corrected chi connectivity index (χ2v) is 13.4. The number of likely N-dealkylation sites (tertiary alicyclic amines) is 1. The highest BCUT2D eigenvalue weighted by atomic mass is 16.5. The number of anilines is 2. The SMILES string of the molecule is Cc1cccc2cccc(N3CCc4nc(OC[C@@H]5CCCN5C)nc(N5CCN(C(=O)/C=C/CN(C)C)[C@@H](CC#N)C5)c4CC3)c12. The van der Waals surface area contributed by atoms with E-state index in [1.807, 2.05) is 30.0 Å². The zero-order valence-corrected chi connectivity index (χ0v) is 28.4. The van der Waals surface area contributed by atoms with Crippen molar-refractivity contribution < 1.29 is 9.53 Å². The molecule has 0 spiro atoms. The van der Waals surface area contributed by atoms with E-state index in [0.717, 1.165) is 56.0 Å². The Balaban J connectivity index is 1.29. The number of rotatable bonds is 9. The van der Waals surface area contributed by atoms with Crippen LogP contribution in [0.3, 0.4) is 0 Å². The number of carbonyl (C=O) groups is 1. The van der Waals surface area contributed by atoms with E-state index in [1.54, 1.807) is 6.08 Å². The molecule has 0 bridgehead atoms. The fraction of sp³-hybridized carbons (Fsp3) is 0.514. The van der Waals surface area contributed by atoms with Gasteiger partial charge in [0.2, 0.25) is 5.91 Å². The van der Waals surface area contributed by atoms with Crippen LogP contribution in [0.1, 0.15) is 36.1 Å². The number of benzene rings is 2. The summed E-state index contributed by atoms with van der Waals surface area (Å²) in [6, 6.07) is 16.0. The van der Waals surface area contributed by atoms with Crippen molar-refractivity contribution in [1.29, 1.82) is 5.26 Å². The standard InChI is InChI=1S/C37H48N8O2/c1-27-9-5-10-28-11-6-13-33(35(27)28)43-21-16-31-32(17-22-43)39-37(47-26-30-12-7-20-42(30)4)40-36(31)44-23-24-45(29(25-44)15-18-38)34(46)14-8-19-41(2)3/h5-6,8-11,13-14,29-30H,7,12,15-17,19-26H2,1-4H3/b14-8+/t29-,30-/m0/s1. The third kappa shape index (κ3) is 7.37. The van der Waals surface area contributed by atoms with Gasteiger partial charge in [0.1, 0.15) is 12.4 Å². The van der Waals surface area contributed by atoms with Gasteiger partial charge in [-0.15, -0.1) is 0 Å². The van der Waals surface area contributed by atoms with Crippen molar-refractivity contribution in [1.82, 2.24) is 24.7 Å². The Labute approximate surface area is 279 Å². The van der Waals surface area contributed by atoms with Crippen molar-refractivity contribution >= 4 is 28.2 Å². The van der Waals surface area contributed by atoms with Crippen LogP contribution in [0, 0.1) is 18.3 Å². The second kappa shape index (κ2) is 14.7. The summed E-state index contributed by atoms with van der Waals surface area (Å²) in [5.74, 6) is 0.845. The Bertz CT molecular complexity index is 1640. The average Bonchev–Trinajstić information content (AvgIpc) is 3.35. The minimum atomic E-state index is -0.228. The maximum absolute atomic E-state index is 13.2. The lowest BCUT2D eigenvalue weighted by Gasteiger charge is -2.41. The molecule has 248 valence electrons. The smallest absolute Gasteiger partial charge is 0.318 e. The minimum absolute atomic E-state index is 0.0426. The summed E-state index contributed by atoms with van der Waals surface area (Å²) < 4.78 is 6.35. The summed E-state index contributed by atoms with van der Waals surface area (Å²) in [6.45, 7) is 7.93. The first-order chi connectivity index (χ1) is 22.8. The number of nitrogens with zero attached hydrogens (tertiary/aromatic N) is 8. The van der Waals surface area contributed by atoms with Crippen LogP contribution in [0.15, 0.2) is 48.6 Å². The van der Waals surface area contributed by atoms with Gasteiger partial charge in [-0.2, -0.15) is 15.2 Å². The van der Waals surface area contributed by atoms with Gasteiger partial charge >= 0.3 is 6.01 Å². The number of hydrogen-bond donors (Lipinski definition) is 0. The molecule has 47 heavy (non-hydrogen) atoms. The number of fused-ring (bicyclic) bond motifs is 2. The Kier molecular flexibility index (Phi) is 10.2. The normalized spacial score (nSPS) is 20.6. The highest BCUT2D eigenvalue weighted by molar-refractivity contribution is 5.97. The molecule has 2 fully saturated rings. The third-order valence-corrected chi connectivity index (χ3v) is 9.93. The summed E-state index contributed by atoms with van der Waals surface area (Å²) in [5, 5.41) is 12.3. The molecule has 1 aromatic heterocycles. The van der Waals surface area contributed by atoms with Gasteiger partial charge in [-0.25, -0.2) is 0 Å². The van der Waals surface area contributed by atoms with E-state index in [4.69, 9.17) is 14.7 Å². The van der Waals surface area contributed by atoms with Crippen molar-refractivity contribution in [3.05, 3.63) is 65.4 Å². The third-order valence-electron chi connectivity index (χ3n) is 9.93. The van der Waals surface area contributed by atoms with E-state index in [9.17, 15) is 10.1 Å². The number of hydrogen-bond acceptors (Lipinski definition) is 9. The van der Waals surface area contributed by atoms with Crippen LogP contribution >= 0.6 is 0 Å². The molecule has 0 N–H and O–H groups in total. The number of piperazine rings is 1. The molecular weight excluding hydrogens is 588 g/mol. The molecule has 1 amide bonds. The molecular formula is C37H48N8O2. The molecule has 10 nitrogen and oxygen atoms in total. The molecule has 2 atom stereocenters. The topological polar surface area (TPSA) is 92.1 Å². The largest absolute Gasteiger partial charge is 0.462 e. The zero-order chi connectivity index (χ0) is 32.9. The lowest BCUT2D eigenvalue weighted by Crippen LogP contribution is -2.55. The monoisotopic (exact) mass is 636 g/mol. The number of nitriles is 1. The van der Waals surface area contributed by atoms with E-state index < -0.39 is 0 Å². The van der Waals surface area contributed by atoms with Gasteiger partial charge < -0.3 is 29.2 Å².